The number of hydrogen-bond donors (Lipinski definition) is 1. The molecule has 0 aromatic heterocycles. The van der Waals surface area contributed by atoms with Gasteiger partial charge in [0.25, 0.3) is 0 Å². The van der Waals surface area contributed by atoms with Crippen LogP contribution < -0.4 is 5.32 Å². The molecule has 1 N–H and O–H groups in total. The summed E-state index contributed by atoms with van der Waals surface area (Å²) in [5.41, 5.74) is 0. The molecule has 2 rings (SSSR count). The van der Waals surface area contributed by atoms with Gasteiger partial charge in [-0.25, -0.2) is 0 Å². The normalized spacial score (nSPS) is 25.2. The van der Waals surface area contributed by atoms with E-state index in [0.29, 0.717) is 0 Å². The molecular formula is C11H22N2. The maximum Gasteiger partial charge on any atom is 0.00934 e. The molecule has 1 atom stereocenters. The quantitative estimate of drug-likeness (QED) is 0.669. The Balaban J connectivity index is 1.55. The fraction of sp³-hybridized carbons (Fsp3) is 1.00. The molecule has 0 aliphatic heterocycles. The molecule has 0 spiro atoms. The lowest BCUT2D eigenvalue weighted by atomic mass is 10.1. The molecule has 0 amide bonds. The highest BCUT2D eigenvalue weighted by molar-refractivity contribution is 4.85. The fourth-order valence-electron chi connectivity index (χ4n) is 1.88. The van der Waals surface area contributed by atoms with Crippen LogP contribution in [0.5, 0.6) is 0 Å². The summed E-state index contributed by atoms with van der Waals surface area (Å²) in [6, 6.07) is 1.79. The average Bonchev–Trinajstić information content (AvgIpc) is 2.93. The van der Waals surface area contributed by atoms with E-state index in [1.165, 1.54) is 38.8 Å². The predicted octanol–water partition coefficient (Wildman–Crippen LogP) is 1.47. The summed E-state index contributed by atoms with van der Waals surface area (Å²) in [6.07, 6.45) is 5.68. The Morgan fingerprint density at radius 3 is 2.54 bits per heavy atom. The summed E-state index contributed by atoms with van der Waals surface area (Å²) in [4.78, 5) is 2.53. The van der Waals surface area contributed by atoms with Crippen LogP contribution >= 0.6 is 0 Å². The molecular weight excluding hydrogens is 160 g/mol. The first-order valence-electron chi connectivity index (χ1n) is 5.69. The molecule has 2 saturated carbocycles. The molecule has 0 heterocycles. The highest BCUT2D eigenvalue weighted by Crippen LogP contribution is 2.26. The highest BCUT2D eigenvalue weighted by Gasteiger charge is 2.27. The second-order valence-electron chi connectivity index (χ2n) is 4.96. The maximum absolute atomic E-state index is 3.59. The van der Waals surface area contributed by atoms with E-state index < -0.39 is 0 Å². The molecule has 0 aromatic carbocycles. The van der Waals surface area contributed by atoms with Gasteiger partial charge in [-0.2, -0.15) is 0 Å². The Morgan fingerprint density at radius 1 is 1.31 bits per heavy atom. The van der Waals surface area contributed by atoms with E-state index in [4.69, 9.17) is 0 Å². The van der Waals surface area contributed by atoms with E-state index in [9.17, 15) is 0 Å². The third kappa shape index (κ3) is 3.28. The second-order valence-corrected chi connectivity index (χ2v) is 4.96. The summed E-state index contributed by atoms with van der Waals surface area (Å²) >= 11 is 0. The predicted molar refractivity (Wildman–Crippen MR) is 55.8 cm³/mol. The Morgan fingerprint density at radius 2 is 2.00 bits per heavy atom. The van der Waals surface area contributed by atoms with Crippen molar-refractivity contribution in [3.8, 4) is 0 Å². The minimum Gasteiger partial charge on any atom is -0.314 e. The molecule has 2 heteroatoms. The molecule has 2 aliphatic carbocycles. The lowest BCUT2D eigenvalue weighted by molar-refractivity contribution is 0.272. The van der Waals surface area contributed by atoms with Gasteiger partial charge in [0, 0.05) is 18.6 Å². The zero-order chi connectivity index (χ0) is 9.26. The first-order chi connectivity index (χ1) is 6.25. The van der Waals surface area contributed by atoms with Crippen LogP contribution in [0.3, 0.4) is 0 Å². The molecule has 2 fully saturated rings. The summed E-state index contributed by atoms with van der Waals surface area (Å²) in [6.45, 7) is 4.83. The van der Waals surface area contributed by atoms with Gasteiger partial charge in [0.15, 0.2) is 0 Å². The van der Waals surface area contributed by atoms with Gasteiger partial charge in [-0.1, -0.05) is 6.92 Å². The monoisotopic (exact) mass is 182 g/mol. The van der Waals surface area contributed by atoms with Gasteiger partial charge in [0.2, 0.25) is 0 Å². The Labute approximate surface area is 81.7 Å². The number of hydrogen-bond acceptors (Lipinski definition) is 2. The minimum absolute atomic E-state index is 0.811. The summed E-state index contributed by atoms with van der Waals surface area (Å²) < 4.78 is 0. The number of nitrogens with one attached hydrogen (secondary N) is 1. The third-order valence-electron chi connectivity index (χ3n) is 3.10. The maximum atomic E-state index is 3.59. The van der Waals surface area contributed by atoms with Crippen molar-refractivity contribution in [2.24, 2.45) is 5.92 Å². The van der Waals surface area contributed by atoms with Crippen LogP contribution in [-0.2, 0) is 0 Å². The molecule has 2 aliphatic rings. The number of rotatable bonds is 6. The molecule has 0 aromatic rings. The van der Waals surface area contributed by atoms with Crippen LogP contribution in [-0.4, -0.2) is 37.1 Å². The van der Waals surface area contributed by atoms with Crippen LogP contribution in [0.2, 0.25) is 0 Å². The molecule has 13 heavy (non-hydrogen) atoms. The van der Waals surface area contributed by atoms with E-state index in [1.54, 1.807) is 0 Å². The van der Waals surface area contributed by atoms with Crippen molar-refractivity contribution < 1.29 is 0 Å². The molecule has 0 bridgehead atoms. The van der Waals surface area contributed by atoms with Crippen LogP contribution in [0.1, 0.15) is 32.6 Å². The highest BCUT2D eigenvalue weighted by atomic mass is 15.2. The zero-order valence-corrected chi connectivity index (χ0v) is 8.92. The lowest BCUT2D eigenvalue weighted by Crippen LogP contribution is -2.32. The summed E-state index contributed by atoms with van der Waals surface area (Å²) in [5, 5.41) is 3.59. The largest absolute Gasteiger partial charge is 0.314 e. The van der Waals surface area contributed by atoms with Crippen molar-refractivity contribution in [1.82, 2.24) is 10.2 Å². The molecule has 1 unspecified atom stereocenters. The Hall–Kier alpha value is -0.0800. The van der Waals surface area contributed by atoms with Crippen LogP contribution in [0.4, 0.5) is 0 Å². The van der Waals surface area contributed by atoms with Crippen molar-refractivity contribution >= 4 is 0 Å². The average molecular weight is 182 g/mol. The standard InChI is InChI=1S/C11H22N2/c1-9(7-12-10-3-4-10)8-13(2)11-5-6-11/h9-12H,3-8H2,1-2H3. The van der Waals surface area contributed by atoms with Gasteiger partial charge >= 0.3 is 0 Å². The topological polar surface area (TPSA) is 15.3 Å². The van der Waals surface area contributed by atoms with Crippen LogP contribution in [0, 0.1) is 5.92 Å². The van der Waals surface area contributed by atoms with E-state index in [0.717, 1.165) is 18.0 Å². The van der Waals surface area contributed by atoms with E-state index >= 15 is 0 Å². The summed E-state index contributed by atoms with van der Waals surface area (Å²) in [5.74, 6) is 0.811. The van der Waals surface area contributed by atoms with Crippen molar-refractivity contribution in [2.45, 2.75) is 44.7 Å². The van der Waals surface area contributed by atoms with Crippen LogP contribution in [0.15, 0.2) is 0 Å². The minimum atomic E-state index is 0.811. The van der Waals surface area contributed by atoms with Gasteiger partial charge in [-0.05, 0) is 45.2 Å². The van der Waals surface area contributed by atoms with Crippen molar-refractivity contribution in [3.05, 3.63) is 0 Å². The Bertz CT molecular complexity index is 161. The molecule has 76 valence electrons. The molecule has 2 nitrogen and oxygen atoms in total. The molecule has 0 saturated heterocycles. The van der Waals surface area contributed by atoms with Gasteiger partial charge in [0.1, 0.15) is 0 Å². The van der Waals surface area contributed by atoms with Crippen LogP contribution in [0.25, 0.3) is 0 Å². The zero-order valence-electron chi connectivity index (χ0n) is 8.92. The smallest absolute Gasteiger partial charge is 0.00934 e. The van der Waals surface area contributed by atoms with Gasteiger partial charge < -0.3 is 10.2 Å². The van der Waals surface area contributed by atoms with Crippen molar-refractivity contribution in [1.29, 1.82) is 0 Å². The SMILES string of the molecule is CC(CNC1CC1)CN(C)C1CC1. The van der Waals surface area contributed by atoms with Gasteiger partial charge in [-0.3, -0.25) is 0 Å². The van der Waals surface area contributed by atoms with Gasteiger partial charge in [-0.15, -0.1) is 0 Å². The first-order valence-corrected chi connectivity index (χ1v) is 5.69. The summed E-state index contributed by atoms with van der Waals surface area (Å²) in [7, 11) is 2.27. The van der Waals surface area contributed by atoms with Gasteiger partial charge in [0.05, 0.1) is 0 Å². The van der Waals surface area contributed by atoms with Crippen molar-refractivity contribution in [3.63, 3.8) is 0 Å². The van der Waals surface area contributed by atoms with Crippen molar-refractivity contribution in [2.75, 3.05) is 20.1 Å². The molecule has 0 radical (unpaired) electrons. The first kappa shape index (κ1) is 9.47. The van der Waals surface area contributed by atoms with E-state index in [-0.39, 0.29) is 0 Å². The third-order valence-corrected chi connectivity index (χ3v) is 3.10. The lowest BCUT2D eigenvalue weighted by Gasteiger charge is -2.21. The van der Waals surface area contributed by atoms with E-state index in [2.05, 4.69) is 24.2 Å². The Kier molecular flexibility index (Phi) is 2.89. The second kappa shape index (κ2) is 3.97. The fourth-order valence-corrected chi connectivity index (χ4v) is 1.88. The van der Waals surface area contributed by atoms with E-state index in [1.807, 2.05) is 0 Å². The number of nitrogens with zero attached hydrogens (tertiary/aromatic N) is 1.